The first-order valence-electron chi connectivity index (χ1n) is 14.4. The van der Waals surface area contributed by atoms with Crippen LogP contribution in [0.15, 0.2) is 41.9 Å². The highest BCUT2D eigenvalue weighted by molar-refractivity contribution is 7.10. The first kappa shape index (κ1) is 33.4. The molecule has 1 aromatic carbocycles. The van der Waals surface area contributed by atoms with E-state index in [0.717, 1.165) is 53.8 Å². The maximum atomic E-state index is 14.7. The van der Waals surface area contributed by atoms with Crippen molar-refractivity contribution in [3.63, 3.8) is 0 Å². The Kier molecular flexibility index (Phi) is 9.41. The van der Waals surface area contributed by atoms with Crippen LogP contribution in [-0.2, 0) is 29.9 Å². The topological polar surface area (TPSA) is 62.7 Å². The van der Waals surface area contributed by atoms with Crippen LogP contribution in [0.25, 0.3) is 0 Å². The summed E-state index contributed by atoms with van der Waals surface area (Å²) >= 11 is 13.4. The fraction of sp³-hybridized carbons (Fsp3) is 0.452. The molecule has 0 bridgehead atoms. The van der Waals surface area contributed by atoms with Crippen LogP contribution < -0.4 is 4.74 Å². The molecule has 0 spiro atoms. The Labute approximate surface area is 271 Å². The number of carbonyl (C=O) groups excluding carboxylic acids is 2. The minimum atomic E-state index is -4.84. The molecular weight excluding hydrogens is 660 g/mol. The number of carbonyl (C=O) groups is 2. The number of hydrogen-bond acceptors (Lipinski definition) is 5. The molecule has 3 aromatic rings. The van der Waals surface area contributed by atoms with Crippen LogP contribution in [0.5, 0.6) is 5.75 Å². The second kappa shape index (κ2) is 12.7. The Hall–Kier alpha value is -2.96. The molecule has 0 unspecified atom stereocenters. The summed E-state index contributed by atoms with van der Waals surface area (Å²) in [6.45, 7) is 2.98. The molecule has 45 heavy (non-hydrogen) atoms. The number of halogens is 7. The van der Waals surface area contributed by atoms with Crippen LogP contribution in [0.4, 0.5) is 22.0 Å². The highest BCUT2D eigenvalue weighted by atomic mass is 35.5. The molecule has 0 N–H and O–H groups in total. The molecule has 0 aliphatic carbocycles. The van der Waals surface area contributed by atoms with E-state index in [9.17, 15) is 31.5 Å². The van der Waals surface area contributed by atoms with Gasteiger partial charge in [0, 0.05) is 50.6 Å². The van der Waals surface area contributed by atoms with Crippen molar-refractivity contribution in [2.45, 2.75) is 76.2 Å². The Morgan fingerprint density at radius 2 is 1.91 bits per heavy atom. The standard InChI is InChI=1S/C31H30Cl2F5N3O3S/c1-3-6-23-30(44-19-15-24(45-17-19)29(2,34)35,28(43)40-14-10-20-18(16-40)8-9-22(32)25(20)33)11-5-13-41(23)27(42)26-21(31(36,37)38)7-4-12-39-26/h4,7-9,12,15,17,23H,3,5-6,10-11,13-14,16H2,1-2H3/t23-,30+/m1/s1. The number of likely N-dealkylation sites (tertiary alicyclic amines) is 1. The average molecular weight is 691 g/mol. The van der Waals surface area contributed by atoms with Gasteiger partial charge in [0.05, 0.1) is 26.5 Å². The van der Waals surface area contributed by atoms with Crippen LogP contribution in [0.1, 0.15) is 71.6 Å². The molecule has 6 nitrogen and oxygen atoms in total. The largest absolute Gasteiger partial charge is 0.474 e. The first-order chi connectivity index (χ1) is 21.2. The lowest BCUT2D eigenvalue weighted by atomic mass is 9.79. The smallest absolute Gasteiger partial charge is 0.418 e. The number of aromatic nitrogens is 1. The van der Waals surface area contributed by atoms with Crippen LogP contribution >= 0.6 is 34.5 Å². The van der Waals surface area contributed by atoms with Crippen molar-refractivity contribution >= 4 is 46.4 Å². The number of rotatable bonds is 7. The number of alkyl halides is 5. The SMILES string of the molecule is CCC[C@H]1N(C(=O)c2ncccc2C(F)(F)F)CCC[C@@]1(Oc1csc(C(C)(F)F)c1)C(=O)N1CCc2c(ccc(Cl)c2Cl)C1. The minimum absolute atomic E-state index is 0.0151. The number of piperidine rings is 1. The van der Waals surface area contributed by atoms with Gasteiger partial charge in [-0.05, 0) is 48.6 Å². The first-order valence-corrected chi connectivity index (χ1v) is 16.0. The van der Waals surface area contributed by atoms with E-state index in [1.807, 2.05) is 6.92 Å². The van der Waals surface area contributed by atoms with Crippen molar-refractivity contribution in [1.82, 2.24) is 14.8 Å². The predicted molar refractivity (Wildman–Crippen MR) is 161 cm³/mol. The molecule has 2 atom stereocenters. The lowest BCUT2D eigenvalue weighted by Gasteiger charge is -2.50. The van der Waals surface area contributed by atoms with E-state index in [-0.39, 0.29) is 49.5 Å². The normalized spacial score (nSPS) is 20.6. The molecule has 5 rings (SSSR count). The third-order valence-corrected chi connectivity index (χ3v) is 10.2. The van der Waals surface area contributed by atoms with E-state index >= 15 is 0 Å². The average Bonchev–Trinajstić information content (AvgIpc) is 3.48. The van der Waals surface area contributed by atoms with E-state index < -0.39 is 46.8 Å². The zero-order valence-corrected chi connectivity index (χ0v) is 26.7. The molecule has 14 heteroatoms. The summed E-state index contributed by atoms with van der Waals surface area (Å²) in [5.74, 6) is -4.63. The lowest BCUT2D eigenvalue weighted by molar-refractivity contribution is -0.160. The maximum absolute atomic E-state index is 14.7. The maximum Gasteiger partial charge on any atom is 0.418 e. The van der Waals surface area contributed by atoms with Crippen LogP contribution in [0.2, 0.25) is 10.0 Å². The number of amides is 2. The van der Waals surface area contributed by atoms with E-state index in [2.05, 4.69) is 4.98 Å². The predicted octanol–water partition coefficient (Wildman–Crippen LogP) is 8.39. The second-order valence-corrected chi connectivity index (χ2v) is 13.0. The van der Waals surface area contributed by atoms with E-state index in [1.165, 1.54) is 10.3 Å². The highest BCUT2D eigenvalue weighted by Crippen LogP contribution is 2.43. The second-order valence-electron chi connectivity index (χ2n) is 11.3. The summed E-state index contributed by atoms with van der Waals surface area (Å²) in [5, 5.41) is 2.15. The summed E-state index contributed by atoms with van der Waals surface area (Å²) in [6.07, 6.45) is -2.41. The molecule has 2 aliphatic heterocycles. The third kappa shape index (κ3) is 6.51. The van der Waals surface area contributed by atoms with Gasteiger partial charge in [-0.15, -0.1) is 11.3 Å². The van der Waals surface area contributed by atoms with Crippen molar-refractivity contribution in [2.75, 3.05) is 13.1 Å². The van der Waals surface area contributed by atoms with E-state index in [0.29, 0.717) is 22.9 Å². The number of benzene rings is 1. The molecule has 2 amide bonds. The van der Waals surface area contributed by atoms with E-state index in [1.54, 1.807) is 17.0 Å². The molecule has 1 fully saturated rings. The summed E-state index contributed by atoms with van der Waals surface area (Å²) in [6, 6.07) is 5.42. The van der Waals surface area contributed by atoms with Crippen LogP contribution in [-0.4, -0.2) is 51.3 Å². The zero-order chi connectivity index (χ0) is 32.7. The molecule has 0 saturated carbocycles. The number of nitrogens with zero attached hydrogens (tertiary/aromatic N) is 3. The number of fused-ring (bicyclic) bond motifs is 1. The summed E-state index contributed by atoms with van der Waals surface area (Å²) in [5.41, 5.74) is -2.19. The monoisotopic (exact) mass is 689 g/mol. The molecule has 1 saturated heterocycles. The van der Waals surface area contributed by atoms with Crippen molar-refractivity contribution in [2.24, 2.45) is 0 Å². The molecule has 2 aliphatic rings. The molecular formula is C31H30Cl2F5N3O3S. The number of ether oxygens (including phenoxy) is 1. The van der Waals surface area contributed by atoms with Crippen molar-refractivity contribution < 1.29 is 36.3 Å². The molecule has 4 heterocycles. The molecule has 2 aromatic heterocycles. The number of pyridine rings is 1. The molecule has 0 radical (unpaired) electrons. The summed E-state index contributed by atoms with van der Waals surface area (Å²) < 4.78 is 76.6. The lowest BCUT2D eigenvalue weighted by Crippen LogP contribution is -2.68. The fourth-order valence-corrected chi connectivity index (χ4v) is 7.39. The van der Waals surface area contributed by atoms with Gasteiger partial charge < -0.3 is 14.5 Å². The van der Waals surface area contributed by atoms with Crippen molar-refractivity contribution in [1.29, 1.82) is 0 Å². The van der Waals surface area contributed by atoms with Gasteiger partial charge in [-0.1, -0.05) is 42.6 Å². The van der Waals surface area contributed by atoms with Gasteiger partial charge >= 0.3 is 6.18 Å². The zero-order valence-electron chi connectivity index (χ0n) is 24.4. The quantitative estimate of drug-likeness (QED) is 0.234. The van der Waals surface area contributed by atoms with Gasteiger partial charge in [-0.25, -0.2) is 8.78 Å². The molecule has 242 valence electrons. The number of hydrogen-bond donors (Lipinski definition) is 0. The Balaban J connectivity index is 1.59. The minimum Gasteiger partial charge on any atom is -0.474 e. The van der Waals surface area contributed by atoms with Gasteiger partial charge in [0.15, 0.2) is 0 Å². The van der Waals surface area contributed by atoms with Crippen molar-refractivity contribution in [3.8, 4) is 5.75 Å². The summed E-state index contributed by atoms with van der Waals surface area (Å²) in [7, 11) is 0. The van der Waals surface area contributed by atoms with Gasteiger partial charge in [-0.3, -0.25) is 14.6 Å². The summed E-state index contributed by atoms with van der Waals surface area (Å²) in [4.78, 5) is 35.0. The Bertz CT molecular complexity index is 1600. The van der Waals surface area contributed by atoms with Crippen LogP contribution in [0, 0.1) is 0 Å². The van der Waals surface area contributed by atoms with Gasteiger partial charge in [0.2, 0.25) is 5.60 Å². The Morgan fingerprint density at radius 3 is 2.58 bits per heavy atom. The van der Waals surface area contributed by atoms with Gasteiger partial charge in [-0.2, -0.15) is 13.2 Å². The highest BCUT2D eigenvalue weighted by Gasteiger charge is 2.56. The van der Waals surface area contributed by atoms with Gasteiger partial charge in [0.25, 0.3) is 17.7 Å². The van der Waals surface area contributed by atoms with E-state index in [4.69, 9.17) is 27.9 Å². The number of thiophene rings is 1. The third-order valence-electron chi connectivity index (χ3n) is 8.24. The van der Waals surface area contributed by atoms with Crippen molar-refractivity contribution in [3.05, 3.63) is 79.2 Å². The fourth-order valence-electron chi connectivity index (χ4n) is 6.18. The van der Waals surface area contributed by atoms with Gasteiger partial charge in [0.1, 0.15) is 11.4 Å². The van der Waals surface area contributed by atoms with Crippen LogP contribution in [0.3, 0.4) is 0 Å². The Morgan fingerprint density at radius 1 is 1.16 bits per heavy atom.